The van der Waals surface area contributed by atoms with Crippen molar-refractivity contribution < 1.29 is 82.1 Å². The van der Waals surface area contributed by atoms with E-state index in [1.807, 2.05) is 0 Å². The number of guanidine groups is 3. The molecule has 4 aliphatic heterocycles. The highest BCUT2D eigenvalue weighted by atomic mass is 32.2. The van der Waals surface area contributed by atoms with Crippen molar-refractivity contribution in [3.8, 4) is 0 Å². The number of thioether (sulfide) groups is 1. The molecular formula is C69H115N25O17S2. The number of aliphatic hydroxyl groups is 1. The van der Waals surface area contributed by atoms with E-state index in [0.717, 1.165) is 0 Å². The number of amides is 14. The van der Waals surface area contributed by atoms with Crippen LogP contribution in [-0.4, -0.2) is 290 Å². The lowest BCUT2D eigenvalue weighted by Gasteiger charge is -2.32. The van der Waals surface area contributed by atoms with E-state index in [0.29, 0.717) is 30.7 Å². The van der Waals surface area contributed by atoms with Gasteiger partial charge in [-0.3, -0.25) is 82.1 Å². The third-order valence-corrected chi connectivity index (χ3v) is 20.3. The highest BCUT2D eigenvalue weighted by molar-refractivity contribution is 7.98. The molecule has 4 aliphatic rings. The van der Waals surface area contributed by atoms with Gasteiger partial charge < -0.3 is 123 Å². The average Bonchev–Trinajstić information content (AvgIpc) is 1.73. The van der Waals surface area contributed by atoms with E-state index >= 15 is 0 Å². The number of aromatic amines is 1. The van der Waals surface area contributed by atoms with E-state index in [2.05, 4.69) is 96.1 Å². The third-order valence-electron chi connectivity index (χ3n) is 19.3. The minimum absolute atomic E-state index is 0.00897. The second kappa shape index (κ2) is 46.7. The van der Waals surface area contributed by atoms with Crippen LogP contribution in [0.4, 0.5) is 0 Å². The summed E-state index contributed by atoms with van der Waals surface area (Å²) in [5, 5.41) is 49.4. The molecule has 1 aromatic rings. The lowest BCUT2D eigenvalue weighted by atomic mass is 10.0. The predicted octanol–water partition coefficient (Wildman–Crippen LogP) is -7.31. The van der Waals surface area contributed by atoms with Crippen LogP contribution in [0.1, 0.15) is 143 Å². The van der Waals surface area contributed by atoms with Crippen LogP contribution in [0.2, 0.25) is 0 Å². The molecular weight excluding hydrogens is 1520 g/mol. The summed E-state index contributed by atoms with van der Waals surface area (Å²) in [6, 6.07) is -18.2. The van der Waals surface area contributed by atoms with Gasteiger partial charge in [0.15, 0.2) is 17.9 Å². The number of nitrogens with two attached hydrogens (primary N) is 6. The van der Waals surface area contributed by atoms with Crippen molar-refractivity contribution in [2.45, 2.75) is 228 Å². The molecule has 1 unspecified atom stereocenters. The van der Waals surface area contributed by atoms with Crippen LogP contribution < -0.4 is 92.9 Å². The van der Waals surface area contributed by atoms with Gasteiger partial charge in [-0.25, -0.2) is 9.78 Å². The molecule has 0 bridgehead atoms. The van der Waals surface area contributed by atoms with Crippen molar-refractivity contribution in [2.24, 2.45) is 61.2 Å². The minimum Gasteiger partial charge on any atom is -0.480 e. The molecule has 4 saturated heterocycles. The second-order valence-electron chi connectivity index (χ2n) is 28.9. The number of carbonyl (C=O) groups excluding carboxylic acids is 14. The Morgan fingerprint density at radius 2 is 0.973 bits per heavy atom. The van der Waals surface area contributed by atoms with Gasteiger partial charge in [-0.2, -0.15) is 24.4 Å². The highest BCUT2D eigenvalue weighted by Gasteiger charge is 2.45. The number of aliphatic imine (C=N–C) groups is 3. The monoisotopic (exact) mass is 1630 g/mol. The quantitative estimate of drug-likeness (QED) is 0.0125. The zero-order chi connectivity index (χ0) is 83.8. The van der Waals surface area contributed by atoms with Crippen LogP contribution in [0, 0.1) is 11.8 Å². The summed E-state index contributed by atoms with van der Waals surface area (Å²) in [6.45, 7) is 7.61. The second-order valence-corrected chi connectivity index (χ2v) is 30.3. The molecule has 26 N–H and O–H groups in total. The van der Waals surface area contributed by atoms with E-state index in [9.17, 15) is 82.1 Å². The Labute approximate surface area is 664 Å². The summed E-state index contributed by atoms with van der Waals surface area (Å²) in [5.41, 5.74) is 33.5. The maximum absolute atomic E-state index is 14.8. The molecule has 0 saturated carbocycles. The van der Waals surface area contributed by atoms with Crippen LogP contribution in [-0.2, 0) is 78.3 Å². The number of carbonyl (C=O) groups is 15. The van der Waals surface area contributed by atoms with E-state index in [1.54, 1.807) is 34.0 Å². The highest BCUT2D eigenvalue weighted by Crippen LogP contribution is 2.25. The van der Waals surface area contributed by atoms with Gasteiger partial charge in [0.25, 0.3) is 0 Å². The molecule has 630 valence electrons. The number of H-pyrrole nitrogens is 1. The fourth-order valence-electron chi connectivity index (χ4n) is 13.4. The van der Waals surface area contributed by atoms with Gasteiger partial charge in [0, 0.05) is 69.8 Å². The number of nitrogens with one attached hydrogen (secondary N) is 12. The first-order chi connectivity index (χ1) is 53.6. The van der Waals surface area contributed by atoms with Crippen molar-refractivity contribution in [3.63, 3.8) is 0 Å². The van der Waals surface area contributed by atoms with Crippen LogP contribution in [0.25, 0.3) is 0 Å². The molecule has 14 atom stereocenters. The van der Waals surface area contributed by atoms with Crippen LogP contribution in [0.5, 0.6) is 0 Å². The molecule has 1 aromatic heterocycles. The molecule has 113 heavy (non-hydrogen) atoms. The third kappa shape index (κ3) is 29.7. The number of aliphatic carboxylic acids is 1. The minimum atomic E-state index is -1.80. The summed E-state index contributed by atoms with van der Waals surface area (Å²) < 4.78 is 0. The molecule has 0 spiro atoms. The Bertz CT molecular complexity index is 3560. The molecule has 0 aliphatic carbocycles. The molecule has 0 radical (unpaired) electrons. The number of hydrogen-bond donors (Lipinski definition) is 21. The normalized spacial score (nSPS) is 19.2. The summed E-state index contributed by atoms with van der Waals surface area (Å²) in [5.74, 6) is -13.5. The van der Waals surface area contributed by atoms with Gasteiger partial charge in [0.1, 0.15) is 84.6 Å². The topological polar surface area (TPSA) is 660 Å². The first kappa shape index (κ1) is 93.3. The number of hydrogen-bond acceptors (Lipinski definition) is 22. The predicted molar refractivity (Wildman–Crippen MR) is 418 cm³/mol. The Balaban J connectivity index is 1.30. The van der Waals surface area contributed by atoms with Gasteiger partial charge in [0.05, 0.1) is 12.9 Å². The fraction of sp³-hybridized carbons (Fsp3) is 0.696. The van der Waals surface area contributed by atoms with Crippen molar-refractivity contribution in [2.75, 3.05) is 63.6 Å². The van der Waals surface area contributed by atoms with Crippen LogP contribution >= 0.6 is 24.4 Å². The lowest BCUT2D eigenvalue weighted by Crippen LogP contribution is -2.61. The van der Waals surface area contributed by atoms with Crippen molar-refractivity contribution >= 4 is 131 Å². The number of aliphatic hydroxyl groups excluding tert-OH is 1. The number of aromatic nitrogens is 2. The van der Waals surface area contributed by atoms with Gasteiger partial charge in [-0.15, -0.1) is 0 Å². The van der Waals surface area contributed by atoms with Gasteiger partial charge in [0.2, 0.25) is 82.7 Å². The molecule has 5 rings (SSSR count). The average molecular weight is 1630 g/mol. The summed E-state index contributed by atoms with van der Waals surface area (Å²) >= 11 is 5.72. The zero-order valence-electron chi connectivity index (χ0n) is 64.7. The number of carboxylic acids is 1. The number of likely N-dealkylation sites (tertiary alicyclic amines) is 3. The largest absolute Gasteiger partial charge is 0.480 e. The van der Waals surface area contributed by atoms with Crippen molar-refractivity contribution in [1.29, 1.82) is 0 Å². The summed E-state index contributed by atoms with van der Waals surface area (Å²) in [6.07, 6.45) is 6.36. The van der Waals surface area contributed by atoms with Crippen molar-refractivity contribution in [1.82, 2.24) is 83.2 Å². The van der Waals surface area contributed by atoms with Crippen LogP contribution in [0.3, 0.4) is 0 Å². The Hall–Kier alpha value is -10.3. The fourth-order valence-corrected chi connectivity index (χ4v) is 14.1. The zero-order valence-corrected chi connectivity index (χ0v) is 66.5. The Morgan fingerprint density at radius 3 is 1.44 bits per heavy atom. The number of nitrogens with zero attached hydrogens (tertiary/aromatic N) is 7. The van der Waals surface area contributed by atoms with Crippen molar-refractivity contribution in [3.05, 3.63) is 18.2 Å². The first-order valence-corrected chi connectivity index (χ1v) is 39.9. The number of imidazole rings is 1. The van der Waals surface area contributed by atoms with Gasteiger partial charge in [-0.1, -0.05) is 27.7 Å². The smallest absolute Gasteiger partial charge is 0.326 e. The molecule has 4 fully saturated rings. The molecule has 44 heteroatoms. The molecule has 14 amide bonds. The lowest BCUT2D eigenvalue weighted by molar-refractivity contribution is -0.149. The first-order valence-electron chi connectivity index (χ1n) is 37.9. The molecule has 42 nitrogen and oxygen atoms in total. The van der Waals surface area contributed by atoms with Gasteiger partial charge in [-0.05, 0) is 127 Å². The van der Waals surface area contributed by atoms with E-state index in [1.165, 1.54) is 45.9 Å². The molecule has 5 heterocycles. The van der Waals surface area contributed by atoms with E-state index in [-0.39, 0.29) is 165 Å². The number of carboxylic acid groups (broad SMARTS) is 1. The molecule has 0 aromatic carbocycles. The van der Waals surface area contributed by atoms with Crippen LogP contribution in [0.15, 0.2) is 27.5 Å². The maximum atomic E-state index is 14.8. The Morgan fingerprint density at radius 1 is 0.540 bits per heavy atom. The summed E-state index contributed by atoms with van der Waals surface area (Å²) in [7, 11) is 0. The summed E-state index contributed by atoms with van der Waals surface area (Å²) in [4.78, 5) is 231. The standard InChI is InChI=1S/C69H115N25O17S2/c1-35(2)29-44(88-62(106)49-17-10-25-92(49)64(108)43(21-28-113-6)86-60(104)47(33-112)90-54(98)40(14-8-23-78-68(72)73)83-53(97)39(13-7-22-77-67(70)71)84-55(99)42-19-20-51(96)82-42)57(101)87-45(30-38-31-76-34-80-38)58(102)89-46(32-95)59(103)85-41(15-9-24-79-69(74)75)56(100)91-52(36(3)4)65(109)93-26-11-16-48(93)61(105)81-37(5)63(107)94-27-12-18-50(94)66(110)111/h31,34-37,39-50,52,95,112H,7-30,32-33H2,1-6H3,(H,76,80)(H,81,105)(H,82,96)(H,83,97)(H,84,99)(H,85,103)(H,86,104)(H,87,101)(H,88,106)(H,89,102)(H,90,98)(H,91,100)(H,110,111)(H4,70,71,77)(H4,72,73,78)(H4,74,75,79)/t37-,39-,40-,41-,42?,43-,44-,45-,46-,47-,48-,49-,50-,52-/m0/s1. The maximum Gasteiger partial charge on any atom is 0.326 e. The SMILES string of the molecule is CSCC[C@H](NC(=O)[C@H](CS)NC(=O)[C@H](CCCN=C(N)N)NC(=O)[C@H](CCCN=C(N)N)NC(=O)C1CCC(=O)N1)C(=O)N1CCC[C@H]1C(=O)N[C@@H](CC(C)C)C(=O)N[C@@H](Cc1cnc[nH]1)C(=O)N[C@@H](CO)C(=O)N[C@@H](CCCN=C(N)N)C(=O)N[C@H](C(=O)N1CCC[C@H]1C(=O)N[C@@H](C)C(=O)N1CCC[C@H]1C(=O)O)C(C)C. The van der Waals surface area contributed by atoms with Gasteiger partial charge >= 0.3 is 5.97 Å². The van der Waals surface area contributed by atoms with E-state index < -0.39 is 180 Å². The number of thiol groups is 1. The Kier molecular flexibility index (Phi) is 38.5. The van der Waals surface area contributed by atoms with E-state index in [4.69, 9.17) is 34.4 Å². The number of rotatable bonds is 46.